The molecule has 2 aromatic carbocycles. The van der Waals surface area contributed by atoms with Gasteiger partial charge < -0.3 is 19.4 Å². The fraction of sp³-hybridized carbons (Fsp3) is 0.360. The number of Topliss-reactive ketones (excluding diaryl/α,β-unsaturated/α-hetero) is 1. The Kier molecular flexibility index (Phi) is 5.79. The molecule has 184 valence electrons. The van der Waals surface area contributed by atoms with Crippen LogP contribution in [0.1, 0.15) is 30.1 Å². The van der Waals surface area contributed by atoms with Crippen molar-refractivity contribution in [3.05, 3.63) is 58.9 Å². The Morgan fingerprint density at radius 3 is 2.17 bits per heavy atom. The molecule has 0 bridgehead atoms. The van der Waals surface area contributed by atoms with Gasteiger partial charge in [-0.1, -0.05) is 0 Å². The van der Waals surface area contributed by atoms with Crippen LogP contribution in [0, 0.1) is 5.82 Å². The highest BCUT2D eigenvalue weighted by Gasteiger charge is 2.41. The van der Waals surface area contributed by atoms with Gasteiger partial charge in [0, 0.05) is 49.7 Å². The van der Waals surface area contributed by atoms with E-state index in [0.717, 1.165) is 31.7 Å². The van der Waals surface area contributed by atoms with Crippen molar-refractivity contribution in [1.29, 1.82) is 0 Å². The van der Waals surface area contributed by atoms with Crippen molar-refractivity contribution in [3.63, 3.8) is 0 Å². The van der Waals surface area contributed by atoms with Crippen LogP contribution >= 0.6 is 0 Å². The minimum absolute atomic E-state index is 0.0139. The number of ether oxygens (including phenoxy) is 1. The highest BCUT2D eigenvalue weighted by atomic mass is 32.2. The quantitative estimate of drug-likeness (QED) is 0.458. The highest BCUT2D eigenvalue weighted by molar-refractivity contribution is 7.96. The van der Waals surface area contributed by atoms with Gasteiger partial charge in [-0.05, 0) is 56.2 Å². The largest absolute Gasteiger partial charge is 0.465 e. The number of methoxy groups -OCH3 is 1. The highest BCUT2D eigenvalue weighted by Crippen LogP contribution is 2.44. The van der Waals surface area contributed by atoms with Crippen LogP contribution in [-0.4, -0.2) is 59.5 Å². The summed E-state index contributed by atoms with van der Waals surface area (Å²) in [5.74, 6) is -1.59. The zero-order chi connectivity index (χ0) is 24.9. The van der Waals surface area contributed by atoms with Crippen molar-refractivity contribution >= 4 is 38.7 Å². The van der Waals surface area contributed by atoms with Gasteiger partial charge in [0.1, 0.15) is 5.82 Å². The third-order valence-corrected chi connectivity index (χ3v) is 8.49. The SMILES string of the molecule is COC(=O)C1=CN(C2CC2)c2cc(N3CCN(c4ccc(C(C)=O)cc4)CC3)c(F)cc2S1(=O)=O. The summed E-state index contributed by atoms with van der Waals surface area (Å²) in [4.78, 5) is 28.8. The smallest absolute Gasteiger partial charge is 0.351 e. The first-order valence-corrected chi connectivity index (χ1v) is 13.0. The summed E-state index contributed by atoms with van der Waals surface area (Å²) in [6.45, 7) is 3.91. The summed E-state index contributed by atoms with van der Waals surface area (Å²) >= 11 is 0. The number of carbonyl (C=O) groups excluding carboxylic acids is 2. The molecule has 8 nitrogen and oxygen atoms in total. The molecule has 0 atom stereocenters. The van der Waals surface area contributed by atoms with Crippen molar-refractivity contribution in [2.75, 3.05) is 48.0 Å². The van der Waals surface area contributed by atoms with Crippen LogP contribution in [-0.2, 0) is 19.4 Å². The third-order valence-electron chi connectivity index (χ3n) is 6.73. The lowest BCUT2D eigenvalue weighted by molar-refractivity contribution is -0.135. The molecule has 0 unspecified atom stereocenters. The summed E-state index contributed by atoms with van der Waals surface area (Å²) in [6, 6.07) is 10.1. The fourth-order valence-electron chi connectivity index (χ4n) is 4.61. The van der Waals surface area contributed by atoms with E-state index in [0.29, 0.717) is 43.1 Å². The van der Waals surface area contributed by atoms with Crippen molar-refractivity contribution in [3.8, 4) is 0 Å². The number of hydrogen-bond donors (Lipinski definition) is 0. The van der Waals surface area contributed by atoms with E-state index in [-0.39, 0.29) is 16.7 Å². The number of rotatable bonds is 5. The van der Waals surface area contributed by atoms with Gasteiger partial charge >= 0.3 is 5.97 Å². The number of nitrogens with zero attached hydrogens (tertiary/aromatic N) is 3. The van der Waals surface area contributed by atoms with E-state index in [1.54, 1.807) is 23.1 Å². The first kappa shape index (κ1) is 23.3. The van der Waals surface area contributed by atoms with Gasteiger partial charge in [0.15, 0.2) is 10.7 Å². The second-order valence-corrected chi connectivity index (χ2v) is 10.9. The molecule has 1 saturated heterocycles. The van der Waals surface area contributed by atoms with Gasteiger partial charge in [0.2, 0.25) is 9.84 Å². The van der Waals surface area contributed by atoms with Crippen molar-refractivity contribution in [2.24, 2.45) is 0 Å². The van der Waals surface area contributed by atoms with Crippen LogP contribution in [0.3, 0.4) is 0 Å². The number of sulfone groups is 1. The number of piperazine rings is 1. The second-order valence-electron chi connectivity index (χ2n) is 8.98. The molecule has 0 N–H and O–H groups in total. The molecule has 2 fully saturated rings. The lowest BCUT2D eigenvalue weighted by Crippen LogP contribution is -2.47. The lowest BCUT2D eigenvalue weighted by atomic mass is 10.1. The molecule has 10 heteroatoms. The number of hydrogen-bond acceptors (Lipinski definition) is 8. The Balaban J connectivity index is 1.41. The molecule has 0 radical (unpaired) electrons. The average molecular weight is 500 g/mol. The summed E-state index contributed by atoms with van der Waals surface area (Å²) in [5.41, 5.74) is 2.38. The molecular formula is C25H26FN3O5S. The molecule has 2 aromatic rings. The molecule has 3 aliphatic rings. The van der Waals surface area contributed by atoms with Gasteiger partial charge in [-0.2, -0.15) is 0 Å². The van der Waals surface area contributed by atoms with E-state index < -0.39 is 26.5 Å². The predicted molar refractivity (Wildman–Crippen MR) is 130 cm³/mol. The Labute approximate surface area is 203 Å². The number of esters is 1. The van der Waals surface area contributed by atoms with E-state index in [9.17, 15) is 18.0 Å². The van der Waals surface area contributed by atoms with Crippen LogP contribution in [0.15, 0.2) is 52.4 Å². The second kappa shape index (κ2) is 8.67. The van der Waals surface area contributed by atoms with Crippen molar-refractivity contribution in [2.45, 2.75) is 30.7 Å². The molecule has 1 saturated carbocycles. The Morgan fingerprint density at radius 1 is 0.971 bits per heavy atom. The van der Waals surface area contributed by atoms with E-state index in [1.165, 1.54) is 13.1 Å². The van der Waals surface area contributed by atoms with Crippen LogP contribution in [0.2, 0.25) is 0 Å². The minimum Gasteiger partial charge on any atom is -0.465 e. The van der Waals surface area contributed by atoms with Gasteiger partial charge in [-0.3, -0.25) is 4.79 Å². The van der Waals surface area contributed by atoms with Crippen LogP contribution in [0.4, 0.5) is 21.5 Å². The average Bonchev–Trinajstić information content (AvgIpc) is 3.69. The lowest BCUT2D eigenvalue weighted by Gasteiger charge is -2.38. The molecule has 2 aliphatic heterocycles. The first-order valence-electron chi connectivity index (χ1n) is 11.5. The standard InChI is InChI=1S/C25H26FN3O5S/c1-16(30)17-3-5-18(6-4-17)27-9-11-28(12-10-27)21-14-22-23(13-20(21)26)35(32,33)24(25(31)34-2)15-29(22)19-7-8-19/h3-6,13-15,19H,7-12H2,1-2H3. The van der Waals surface area contributed by atoms with Gasteiger partial charge in [0.25, 0.3) is 0 Å². The van der Waals surface area contributed by atoms with Crippen molar-refractivity contribution in [1.82, 2.24) is 0 Å². The monoisotopic (exact) mass is 499 g/mol. The van der Waals surface area contributed by atoms with Gasteiger partial charge in [0.05, 0.1) is 23.4 Å². The zero-order valence-electron chi connectivity index (χ0n) is 19.5. The van der Waals surface area contributed by atoms with E-state index >= 15 is 4.39 Å². The van der Waals surface area contributed by atoms with Gasteiger partial charge in [-0.25, -0.2) is 17.6 Å². The van der Waals surface area contributed by atoms with E-state index in [2.05, 4.69) is 9.64 Å². The number of anilines is 3. The number of carbonyl (C=O) groups is 2. The number of ketones is 1. The zero-order valence-corrected chi connectivity index (χ0v) is 20.3. The topological polar surface area (TPSA) is 87.2 Å². The Bertz CT molecular complexity index is 1330. The summed E-state index contributed by atoms with van der Waals surface area (Å²) in [6.07, 6.45) is 3.04. The fourth-order valence-corrected chi connectivity index (χ4v) is 6.10. The maximum Gasteiger partial charge on any atom is 0.351 e. The summed E-state index contributed by atoms with van der Waals surface area (Å²) in [5, 5.41) is 0. The number of fused-ring (bicyclic) bond motifs is 1. The van der Waals surface area contributed by atoms with E-state index in [4.69, 9.17) is 0 Å². The Morgan fingerprint density at radius 2 is 1.60 bits per heavy atom. The molecule has 0 amide bonds. The minimum atomic E-state index is -4.20. The summed E-state index contributed by atoms with van der Waals surface area (Å²) in [7, 11) is -3.08. The van der Waals surface area contributed by atoms with Crippen LogP contribution < -0.4 is 14.7 Å². The van der Waals surface area contributed by atoms with Crippen molar-refractivity contribution < 1.29 is 27.1 Å². The molecule has 35 heavy (non-hydrogen) atoms. The summed E-state index contributed by atoms with van der Waals surface area (Å²) < 4.78 is 46.1. The predicted octanol–water partition coefficient (Wildman–Crippen LogP) is 3.13. The first-order chi connectivity index (χ1) is 16.7. The normalized spacial score (nSPS) is 19.2. The molecular weight excluding hydrogens is 473 g/mol. The third kappa shape index (κ3) is 4.16. The maximum atomic E-state index is 15.3. The van der Waals surface area contributed by atoms with E-state index in [1.807, 2.05) is 17.0 Å². The molecule has 5 rings (SSSR count). The maximum absolute atomic E-state index is 15.3. The molecule has 2 heterocycles. The molecule has 1 aliphatic carbocycles. The van der Waals surface area contributed by atoms with Gasteiger partial charge in [-0.15, -0.1) is 0 Å². The molecule has 0 spiro atoms. The number of halogens is 1. The Hall–Kier alpha value is -3.40. The number of benzene rings is 2. The van der Waals surface area contributed by atoms with Crippen LogP contribution in [0.25, 0.3) is 0 Å². The van der Waals surface area contributed by atoms with Crippen LogP contribution in [0.5, 0.6) is 0 Å². The molecule has 0 aromatic heterocycles.